The fourth-order valence-corrected chi connectivity index (χ4v) is 4.46. The first-order valence-corrected chi connectivity index (χ1v) is 10.4. The summed E-state index contributed by atoms with van der Waals surface area (Å²) in [5.74, 6) is 0. The summed E-state index contributed by atoms with van der Waals surface area (Å²) in [6.45, 7) is 2.15. The lowest BCUT2D eigenvalue weighted by Crippen LogP contribution is -2.40. The first-order chi connectivity index (χ1) is 14.2. The molecule has 5 nitrogen and oxygen atoms in total. The Balaban J connectivity index is 1.53. The topological polar surface area (TPSA) is 46.0 Å². The van der Waals surface area contributed by atoms with E-state index in [-0.39, 0.29) is 0 Å². The molecule has 1 atom stereocenters. The van der Waals surface area contributed by atoms with Crippen molar-refractivity contribution in [3.63, 3.8) is 0 Å². The van der Waals surface area contributed by atoms with Gasteiger partial charge < -0.3 is 14.8 Å². The maximum Gasteiger partial charge on any atom is 0.0966 e. The molecule has 1 N–H and O–H groups in total. The van der Waals surface area contributed by atoms with Crippen LogP contribution in [0.3, 0.4) is 0 Å². The van der Waals surface area contributed by atoms with Gasteiger partial charge in [0.05, 0.1) is 11.0 Å². The highest BCUT2D eigenvalue weighted by Gasteiger charge is 2.19. The molecule has 148 valence electrons. The second-order valence-corrected chi connectivity index (χ2v) is 8.16. The number of nitrogens with one attached hydrogen (secondary N) is 1. The zero-order valence-corrected chi connectivity index (χ0v) is 17.1. The van der Waals surface area contributed by atoms with Crippen LogP contribution in [0.15, 0.2) is 55.0 Å². The Morgan fingerprint density at radius 3 is 2.83 bits per heavy atom. The SMILES string of the molecule is CN1CCCCC1CNc1cc(-c2ccc3ccn(C)c3c2)c2nccnc2c1. The Hall–Kier alpha value is -2.92. The molecule has 0 saturated carbocycles. The molecule has 0 bridgehead atoms. The summed E-state index contributed by atoms with van der Waals surface area (Å²) >= 11 is 0. The Morgan fingerprint density at radius 2 is 1.93 bits per heavy atom. The van der Waals surface area contributed by atoms with Crippen LogP contribution in [-0.4, -0.2) is 45.6 Å². The molecule has 0 aliphatic carbocycles. The monoisotopic (exact) mass is 385 g/mol. The number of likely N-dealkylation sites (N-methyl/N-ethyl adjacent to an activating group) is 1. The maximum atomic E-state index is 4.65. The van der Waals surface area contributed by atoms with Gasteiger partial charge in [0.2, 0.25) is 0 Å². The number of hydrogen-bond donors (Lipinski definition) is 1. The van der Waals surface area contributed by atoms with Gasteiger partial charge in [0.25, 0.3) is 0 Å². The summed E-state index contributed by atoms with van der Waals surface area (Å²) in [6.07, 6.45) is 9.53. The van der Waals surface area contributed by atoms with E-state index >= 15 is 0 Å². The van der Waals surface area contributed by atoms with Crippen LogP contribution < -0.4 is 5.32 Å². The zero-order chi connectivity index (χ0) is 19.8. The van der Waals surface area contributed by atoms with Gasteiger partial charge in [-0.2, -0.15) is 0 Å². The second kappa shape index (κ2) is 7.48. The molecule has 5 heteroatoms. The van der Waals surface area contributed by atoms with Gasteiger partial charge in [-0.3, -0.25) is 9.97 Å². The normalized spacial score (nSPS) is 17.8. The molecular weight excluding hydrogens is 358 g/mol. The van der Waals surface area contributed by atoms with Gasteiger partial charge >= 0.3 is 0 Å². The highest BCUT2D eigenvalue weighted by Crippen LogP contribution is 2.32. The van der Waals surface area contributed by atoms with Crippen LogP contribution in [0.1, 0.15) is 19.3 Å². The number of anilines is 1. The number of hydrogen-bond acceptors (Lipinski definition) is 4. The van der Waals surface area contributed by atoms with E-state index in [4.69, 9.17) is 0 Å². The number of rotatable bonds is 4. The van der Waals surface area contributed by atoms with E-state index in [0.717, 1.165) is 28.8 Å². The number of fused-ring (bicyclic) bond motifs is 2. The fraction of sp³-hybridized carbons (Fsp3) is 0.333. The van der Waals surface area contributed by atoms with Gasteiger partial charge in [0.1, 0.15) is 0 Å². The Kier molecular flexibility index (Phi) is 4.68. The number of aryl methyl sites for hydroxylation is 1. The van der Waals surface area contributed by atoms with Crippen molar-refractivity contribution in [2.75, 3.05) is 25.5 Å². The molecule has 0 amide bonds. The molecule has 2 aromatic heterocycles. The summed E-state index contributed by atoms with van der Waals surface area (Å²) in [5.41, 5.74) is 6.50. The Labute approximate surface area is 171 Å². The molecule has 1 saturated heterocycles. The predicted octanol–water partition coefficient (Wildman–Crippen LogP) is 4.68. The lowest BCUT2D eigenvalue weighted by molar-refractivity contribution is 0.194. The summed E-state index contributed by atoms with van der Waals surface area (Å²) in [7, 11) is 4.32. The largest absolute Gasteiger partial charge is 0.383 e. The van der Waals surface area contributed by atoms with Crippen molar-refractivity contribution in [3.05, 3.63) is 55.0 Å². The van der Waals surface area contributed by atoms with E-state index in [0.29, 0.717) is 6.04 Å². The number of likely N-dealkylation sites (tertiary alicyclic amines) is 1. The van der Waals surface area contributed by atoms with E-state index in [9.17, 15) is 0 Å². The van der Waals surface area contributed by atoms with Crippen LogP contribution in [0.2, 0.25) is 0 Å². The zero-order valence-electron chi connectivity index (χ0n) is 17.1. The second-order valence-electron chi connectivity index (χ2n) is 8.16. The molecular formula is C24H27N5. The standard InChI is InChI=1S/C24H27N5/c1-28-11-4-3-5-20(28)16-27-19-14-21(24-22(15-19)25-9-10-26-24)18-7-6-17-8-12-29(2)23(17)13-18/h6-10,12-15,20,27H,3-5,11,16H2,1-2H3. The predicted molar refractivity (Wildman–Crippen MR) is 120 cm³/mol. The first kappa shape index (κ1) is 18.1. The third-order valence-corrected chi connectivity index (χ3v) is 6.24. The highest BCUT2D eigenvalue weighted by atomic mass is 15.2. The minimum absolute atomic E-state index is 0.587. The summed E-state index contributed by atoms with van der Waals surface area (Å²) in [4.78, 5) is 11.7. The maximum absolute atomic E-state index is 4.65. The van der Waals surface area contributed by atoms with Crippen LogP contribution >= 0.6 is 0 Å². The molecule has 29 heavy (non-hydrogen) atoms. The van der Waals surface area contributed by atoms with Crippen molar-refractivity contribution in [2.45, 2.75) is 25.3 Å². The number of nitrogens with zero attached hydrogens (tertiary/aromatic N) is 4. The van der Waals surface area contributed by atoms with Crippen LogP contribution in [0.4, 0.5) is 5.69 Å². The smallest absolute Gasteiger partial charge is 0.0966 e. The lowest BCUT2D eigenvalue weighted by Gasteiger charge is -2.32. The van der Waals surface area contributed by atoms with Crippen molar-refractivity contribution < 1.29 is 0 Å². The first-order valence-electron chi connectivity index (χ1n) is 10.4. The van der Waals surface area contributed by atoms with Gasteiger partial charge in [0.15, 0.2) is 0 Å². The van der Waals surface area contributed by atoms with Crippen molar-refractivity contribution in [3.8, 4) is 11.1 Å². The number of piperidine rings is 1. The van der Waals surface area contributed by atoms with Crippen LogP contribution in [0.25, 0.3) is 33.1 Å². The van der Waals surface area contributed by atoms with Gasteiger partial charge in [-0.1, -0.05) is 18.6 Å². The molecule has 5 rings (SSSR count). The van der Waals surface area contributed by atoms with Crippen molar-refractivity contribution in [2.24, 2.45) is 7.05 Å². The molecule has 1 aliphatic rings. The average Bonchev–Trinajstić information content (AvgIpc) is 3.13. The van der Waals surface area contributed by atoms with Gasteiger partial charge in [-0.25, -0.2) is 0 Å². The number of aromatic nitrogens is 3. The third-order valence-electron chi connectivity index (χ3n) is 6.24. The van der Waals surface area contributed by atoms with Gasteiger partial charge in [-0.05, 0) is 61.6 Å². The van der Waals surface area contributed by atoms with E-state index < -0.39 is 0 Å². The van der Waals surface area contributed by atoms with E-state index in [1.165, 1.54) is 42.3 Å². The minimum Gasteiger partial charge on any atom is -0.383 e. The number of benzene rings is 2. The van der Waals surface area contributed by atoms with E-state index in [2.05, 4.69) is 81.4 Å². The van der Waals surface area contributed by atoms with Gasteiger partial charge in [-0.15, -0.1) is 0 Å². The van der Waals surface area contributed by atoms with Crippen LogP contribution in [0, 0.1) is 0 Å². The average molecular weight is 386 g/mol. The minimum atomic E-state index is 0.587. The summed E-state index contributed by atoms with van der Waals surface area (Å²) in [6, 6.07) is 13.7. The Bertz CT molecular complexity index is 1160. The molecule has 1 unspecified atom stereocenters. The molecule has 4 aromatic rings. The van der Waals surface area contributed by atoms with Gasteiger partial charge in [0, 0.05) is 55.0 Å². The summed E-state index contributed by atoms with van der Waals surface area (Å²) < 4.78 is 2.16. The molecule has 0 spiro atoms. The molecule has 0 radical (unpaired) electrons. The highest BCUT2D eigenvalue weighted by molar-refractivity contribution is 5.97. The quantitative estimate of drug-likeness (QED) is 0.554. The lowest BCUT2D eigenvalue weighted by atomic mass is 10.0. The summed E-state index contributed by atoms with van der Waals surface area (Å²) in [5, 5.41) is 4.93. The molecule has 3 heterocycles. The van der Waals surface area contributed by atoms with Crippen molar-refractivity contribution in [1.29, 1.82) is 0 Å². The molecule has 1 fully saturated rings. The van der Waals surface area contributed by atoms with E-state index in [1.54, 1.807) is 12.4 Å². The van der Waals surface area contributed by atoms with Crippen LogP contribution in [0.5, 0.6) is 0 Å². The molecule has 1 aliphatic heterocycles. The van der Waals surface area contributed by atoms with Crippen molar-refractivity contribution in [1.82, 2.24) is 19.4 Å². The van der Waals surface area contributed by atoms with Crippen molar-refractivity contribution >= 4 is 27.6 Å². The fourth-order valence-electron chi connectivity index (χ4n) is 4.46. The third kappa shape index (κ3) is 3.47. The van der Waals surface area contributed by atoms with Crippen LogP contribution in [-0.2, 0) is 7.05 Å². The Morgan fingerprint density at radius 1 is 1.03 bits per heavy atom. The molecule has 2 aromatic carbocycles. The van der Waals surface area contributed by atoms with E-state index in [1.807, 2.05) is 0 Å².